The molecule has 0 bridgehead atoms. The second-order valence-electron chi connectivity index (χ2n) is 5.78. The van der Waals surface area contributed by atoms with Crippen molar-refractivity contribution in [1.29, 1.82) is 0 Å². The Hall–Kier alpha value is -2.29. The molecule has 22 heavy (non-hydrogen) atoms. The van der Waals surface area contributed by atoms with Crippen LogP contribution in [0.25, 0.3) is 0 Å². The van der Waals surface area contributed by atoms with Gasteiger partial charge in [0.2, 0.25) is 5.91 Å². The second-order valence-corrected chi connectivity index (χ2v) is 5.78. The van der Waals surface area contributed by atoms with Crippen molar-refractivity contribution in [3.05, 3.63) is 65.7 Å². The molecule has 3 rings (SSSR count). The van der Waals surface area contributed by atoms with Gasteiger partial charge in [0, 0.05) is 6.42 Å². The predicted octanol–water partition coefficient (Wildman–Crippen LogP) is 3.82. The average molecular weight is 295 g/mol. The van der Waals surface area contributed by atoms with E-state index in [0.717, 1.165) is 23.3 Å². The van der Waals surface area contributed by atoms with E-state index < -0.39 is 0 Å². The summed E-state index contributed by atoms with van der Waals surface area (Å²) in [6.07, 6.45) is 1.40. The molecule has 1 N–H and O–H groups in total. The number of amides is 1. The van der Waals surface area contributed by atoms with Gasteiger partial charge in [0.25, 0.3) is 0 Å². The van der Waals surface area contributed by atoms with Crippen molar-refractivity contribution in [2.75, 3.05) is 6.61 Å². The standard InChI is InChI=1S/C19H21NO2/c1-14(15-7-3-2-4-8-15)20-19(21)13-16-11-12-22-18-10-6-5-9-17(16)18/h2-10,14,16H,11-13H2,1H3,(H,20,21). The molecular formula is C19H21NO2. The van der Waals surface area contributed by atoms with Crippen LogP contribution < -0.4 is 10.1 Å². The maximum absolute atomic E-state index is 12.4. The molecule has 0 aliphatic carbocycles. The van der Waals surface area contributed by atoms with Crippen LogP contribution in [-0.2, 0) is 4.79 Å². The largest absolute Gasteiger partial charge is 0.493 e. The third-order valence-corrected chi connectivity index (χ3v) is 4.19. The number of fused-ring (bicyclic) bond motifs is 1. The lowest BCUT2D eigenvalue weighted by Crippen LogP contribution is -2.29. The lowest BCUT2D eigenvalue weighted by atomic mass is 9.90. The van der Waals surface area contributed by atoms with Crippen molar-refractivity contribution in [1.82, 2.24) is 5.32 Å². The topological polar surface area (TPSA) is 38.3 Å². The Bertz CT molecular complexity index is 639. The summed E-state index contributed by atoms with van der Waals surface area (Å²) < 4.78 is 5.65. The first kappa shape index (κ1) is 14.6. The molecular weight excluding hydrogens is 274 g/mol. The van der Waals surface area contributed by atoms with E-state index in [1.807, 2.05) is 55.5 Å². The minimum Gasteiger partial charge on any atom is -0.493 e. The highest BCUT2D eigenvalue weighted by molar-refractivity contribution is 5.77. The van der Waals surface area contributed by atoms with Crippen molar-refractivity contribution in [2.24, 2.45) is 0 Å². The molecule has 2 aromatic carbocycles. The molecule has 0 saturated heterocycles. The smallest absolute Gasteiger partial charge is 0.221 e. The normalized spacial score (nSPS) is 18.0. The molecule has 3 heteroatoms. The average Bonchev–Trinajstić information content (AvgIpc) is 2.56. The van der Waals surface area contributed by atoms with Gasteiger partial charge in [-0.2, -0.15) is 0 Å². The Labute approximate surface area is 131 Å². The minimum atomic E-state index is 0.0313. The van der Waals surface area contributed by atoms with Gasteiger partial charge in [-0.3, -0.25) is 4.79 Å². The Morgan fingerprint density at radius 3 is 2.73 bits per heavy atom. The van der Waals surface area contributed by atoms with Gasteiger partial charge in [0.15, 0.2) is 0 Å². The third kappa shape index (κ3) is 3.30. The Morgan fingerprint density at radius 2 is 1.91 bits per heavy atom. The molecule has 1 amide bonds. The van der Waals surface area contributed by atoms with Gasteiger partial charge in [-0.25, -0.2) is 0 Å². The number of hydrogen-bond acceptors (Lipinski definition) is 2. The fourth-order valence-corrected chi connectivity index (χ4v) is 2.98. The molecule has 0 spiro atoms. The molecule has 1 aliphatic rings. The van der Waals surface area contributed by atoms with E-state index in [4.69, 9.17) is 4.74 Å². The van der Waals surface area contributed by atoms with Crippen LogP contribution >= 0.6 is 0 Å². The van der Waals surface area contributed by atoms with Crippen LogP contribution in [-0.4, -0.2) is 12.5 Å². The van der Waals surface area contributed by atoms with Crippen molar-refractivity contribution in [3.8, 4) is 5.75 Å². The number of benzene rings is 2. The molecule has 3 nitrogen and oxygen atoms in total. The highest BCUT2D eigenvalue weighted by Crippen LogP contribution is 2.35. The molecule has 1 heterocycles. The van der Waals surface area contributed by atoms with Crippen LogP contribution in [0.4, 0.5) is 0 Å². The highest BCUT2D eigenvalue weighted by atomic mass is 16.5. The molecule has 0 saturated carbocycles. The van der Waals surface area contributed by atoms with E-state index in [0.29, 0.717) is 13.0 Å². The Kier molecular flexibility index (Phi) is 4.42. The molecule has 1 aliphatic heterocycles. The predicted molar refractivity (Wildman–Crippen MR) is 86.9 cm³/mol. The number of rotatable bonds is 4. The van der Waals surface area contributed by atoms with Crippen LogP contribution in [0, 0.1) is 0 Å². The first-order valence-electron chi connectivity index (χ1n) is 7.80. The summed E-state index contributed by atoms with van der Waals surface area (Å²) in [4.78, 5) is 12.4. The molecule has 114 valence electrons. The van der Waals surface area contributed by atoms with Crippen molar-refractivity contribution >= 4 is 5.91 Å². The lowest BCUT2D eigenvalue weighted by Gasteiger charge is -2.26. The number of hydrogen-bond donors (Lipinski definition) is 1. The zero-order valence-corrected chi connectivity index (χ0v) is 12.8. The van der Waals surface area contributed by atoms with E-state index in [1.54, 1.807) is 0 Å². The van der Waals surface area contributed by atoms with Gasteiger partial charge in [0.1, 0.15) is 5.75 Å². The van der Waals surface area contributed by atoms with Gasteiger partial charge < -0.3 is 10.1 Å². The van der Waals surface area contributed by atoms with Crippen molar-refractivity contribution < 1.29 is 9.53 Å². The van der Waals surface area contributed by atoms with E-state index in [1.165, 1.54) is 0 Å². The van der Waals surface area contributed by atoms with Crippen molar-refractivity contribution in [2.45, 2.75) is 31.7 Å². The van der Waals surface area contributed by atoms with Crippen LogP contribution in [0.2, 0.25) is 0 Å². The molecule has 2 aromatic rings. The number of carbonyl (C=O) groups is 1. The maximum Gasteiger partial charge on any atom is 0.221 e. The molecule has 0 aromatic heterocycles. The Balaban J connectivity index is 1.63. The SMILES string of the molecule is CC(NC(=O)CC1CCOc2ccccc21)c1ccccc1. The van der Waals surface area contributed by atoms with Crippen LogP contribution in [0.5, 0.6) is 5.75 Å². The zero-order valence-electron chi connectivity index (χ0n) is 12.8. The van der Waals surface area contributed by atoms with Gasteiger partial charge in [-0.15, -0.1) is 0 Å². The summed E-state index contributed by atoms with van der Waals surface area (Å²) in [5.74, 6) is 1.26. The maximum atomic E-state index is 12.4. The zero-order chi connectivity index (χ0) is 15.4. The van der Waals surface area contributed by atoms with Crippen LogP contribution in [0.3, 0.4) is 0 Å². The minimum absolute atomic E-state index is 0.0313. The molecule has 2 unspecified atom stereocenters. The molecule has 2 atom stereocenters. The summed E-state index contributed by atoms with van der Waals surface area (Å²) in [7, 11) is 0. The van der Waals surface area contributed by atoms with Gasteiger partial charge in [0.05, 0.1) is 12.6 Å². The summed E-state index contributed by atoms with van der Waals surface area (Å²) >= 11 is 0. The molecule has 0 fully saturated rings. The second kappa shape index (κ2) is 6.65. The summed E-state index contributed by atoms with van der Waals surface area (Å²) in [6, 6.07) is 18.1. The first-order valence-corrected chi connectivity index (χ1v) is 7.80. The van der Waals surface area contributed by atoms with E-state index in [9.17, 15) is 4.79 Å². The molecule has 0 radical (unpaired) electrons. The van der Waals surface area contributed by atoms with Crippen molar-refractivity contribution in [3.63, 3.8) is 0 Å². The number of nitrogens with one attached hydrogen (secondary N) is 1. The lowest BCUT2D eigenvalue weighted by molar-refractivity contribution is -0.122. The summed E-state index contributed by atoms with van der Waals surface area (Å²) in [5.41, 5.74) is 2.28. The first-order chi connectivity index (χ1) is 10.7. The quantitative estimate of drug-likeness (QED) is 0.931. The van der Waals surface area contributed by atoms with E-state index in [2.05, 4.69) is 11.4 Å². The third-order valence-electron chi connectivity index (χ3n) is 4.19. The van der Waals surface area contributed by atoms with Gasteiger partial charge in [-0.1, -0.05) is 48.5 Å². The van der Waals surface area contributed by atoms with E-state index >= 15 is 0 Å². The van der Waals surface area contributed by atoms with E-state index in [-0.39, 0.29) is 17.9 Å². The summed E-state index contributed by atoms with van der Waals surface area (Å²) in [5, 5.41) is 3.09. The monoisotopic (exact) mass is 295 g/mol. The number of para-hydroxylation sites is 1. The number of carbonyl (C=O) groups excluding carboxylic acids is 1. The van der Waals surface area contributed by atoms with Crippen LogP contribution in [0.1, 0.15) is 42.9 Å². The fraction of sp³-hybridized carbons (Fsp3) is 0.316. The number of ether oxygens (including phenoxy) is 1. The Morgan fingerprint density at radius 1 is 1.18 bits per heavy atom. The van der Waals surface area contributed by atoms with Crippen LogP contribution in [0.15, 0.2) is 54.6 Å². The fourth-order valence-electron chi connectivity index (χ4n) is 2.98. The van der Waals surface area contributed by atoms with Gasteiger partial charge in [-0.05, 0) is 36.5 Å². The highest BCUT2D eigenvalue weighted by Gasteiger charge is 2.24. The summed E-state index contributed by atoms with van der Waals surface area (Å²) in [6.45, 7) is 2.70. The van der Waals surface area contributed by atoms with Gasteiger partial charge >= 0.3 is 0 Å².